The number of carboxylic acid groups (broad SMARTS) is 1. The summed E-state index contributed by atoms with van der Waals surface area (Å²) in [6, 6.07) is 11.6. The summed E-state index contributed by atoms with van der Waals surface area (Å²) < 4.78 is 0. The van der Waals surface area contributed by atoms with E-state index in [1.165, 1.54) is 6.07 Å². The number of nitro groups is 1. The summed E-state index contributed by atoms with van der Waals surface area (Å²) in [5, 5.41) is 24.2. The summed E-state index contributed by atoms with van der Waals surface area (Å²) >= 11 is 0. The Balaban J connectivity index is 1.88. The summed E-state index contributed by atoms with van der Waals surface area (Å²) in [5.41, 5.74) is 2.31. The number of benzene rings is 2. The fourth-order valence-electron chi connectivity index (χ4n) is 4.03. The highest BCUT2D eigenvalue weighted by molar-refractivity contribution is 5.90. The Kier molecular flexibility index (Phi) is 3.53. The summed E-state index contributed by atoms with van der Waals surface area (Å²) in [5.74, 6) is -0.814. The molecule has 1 aliphatic carbocycles. The first-order valence-electron chi connectivity index (χ1n) is 8.10. The lowest BCUT2D eigenvalue weighted by atomic mass is 9.76. The van der Waals surface area contributed by atoms with Gasteiger partial charge in [-0.15, -0.1) is 0 Å². The Labute approximate surface area is 144 Å². The van der Waals surface area contributed by atoms with Crippen LogP contribution in [-0.2, 0) is 0 Å². The number of aromatic carboxylic acids is 1. The first-order valence-corrected chi connectivity index (χ1v) is 8.10. The van der Waals surface area contributed by atoms with Gasteiger partial charge in [-0.2, -0.15) is 0 Å². The van der Waals surface area contributed by atoms with E-state index in [4.69, 9.17) is 0 Å². The normalized spacial score (nSPS) is 23.4. The fourth-order valence-corrected chi connectivity index (χ4v) is 4.03. The minimum atomic E-state index is -0.992. The van der Waals surface area contributed by atoms with Gasteiger partial charge < -0.3 is 10.4 Å². The number of nitrogens with zero attached hydrogens (tertiary/aromatic N) is 1. The lowest BCUT2D eigenvalue weighted by molar-refractivity contribution is -0.384. The average molecular weight is 336 g/mol. The molecular weight excluding hydrogens is 320 g/mol. The Hall–Kier alpha value is -3.15. The Morgan fingerprint density at radius 2 is 1.92 bits per heavy atom. The van der Waals surface area contributed by atoms with E-state index in [9.17, 15) is 20.0 Å². The van der Waals surface area contributed by atoms with Crippen molar-refractivity contribution in [2.45, 2.75) is 18.4 Å². The van der Waals surface area contributed by atoms with Gasteiger partial charge in [-0.3, -0.25) is 10.1 Å². The summed E-state index contributed by atoms with van der Waals surface area (Å²) in [6.45, 7) is 0. The van der Waals surface area contributed by atoms with Crippen molar-refractivity contribution in [2.75, 3.05) is 5.32 Å². The van der Waals surface area contributed by atoms with E-state index in [0.717, 1.165) is 12.0 Å². The first kappa shape index (κ1) is 15.4. The van der Waals surface area contributed by atoms with Crippen molar-refractivity contribution in [3.8, 4) is 0 Å². The van der Waals surface area contributed by atoms with Crippen LogP contribution >= 0.6 is 0 Å². The molecule has 2 aromatic carbocycles. The molecule has 3 atom stereocenters. The molecule has 6 nitrogen and oxygen atoms in total. The molecule has 0 fully saturated rings. The van der Waals surface area contributed by atoms with Crippen LogP contribution in [0.3, 0.4) is 0 Å². The predicted octanol–water partition coefficient (Wildman–Crippen LogP) is 4.12. The third-order valence-corrected chi connectivity index (χ3v) is 5.10. The molecule has 25 heavy (non-hydrogen) atoms. The molecule has 4 rings (SSSR count). The summed E-state index contributed by atoms with van der Waals surface area (Å²) in [7, 11) is 0. The Morgan fingerprint density at radius 3 is 2.68 bits per heavy atom. The average Bonchev–Trinajstić information content (AvgIpc) is 3.10. The molecular formula is C19H16N2O4. The van der Waals surface area contributed by atoms with Gasteiger partial charge in [0.1, 0.15) is 5.69 Å². The first-order chi connectivity index (χ1) is 12.1. The standard InChI is InChI=1S/C19H16N2O4/c22-19(23)15-6-2-1-5-14(15)17-12-8-3-7-11(12)13-9-4-10-16(21(24)25)18(13)20-17/h1-7,9-12,17,20H,8H2,(H,22,23)/t11-,12-,17-/m1/s1. The number of hydrogen-bond acceptors (Lipinski definition) is 4. The number of hydrogen-bond donors (Lipinski definition) is 2. The maximum atomic E-state index is 11.6. The molecule has 6 heteroatoms. The van der Waals surface area contributed by atoms with Crippen LogP contribution in [0, 0.1) is 16.0 Å². The van der Waals surface area contributed by atoms with E-state index in [0.29, 0.717) is 11.3 Å². The van der Waals surface area contributed by atoms with Crippen molar-refractivity contribution >= 4 is 17.3 Å². The minimum absolute atomic E-state index is 0.0223. The van der Waals surface area contributed by atoms with Crippen molar-refractivity contribution in [2.24, 2.45) is 5.92 Å². The molecule has 0 bridgehead atoms. The molecule has 0 spiro atoms. The maximum absolute atomic E-state index is 11.6. The second-order valence-electron chi connectivity index (χ2n) is 6.37. The zero-order chi connectivity index (χ0) is 17.6. The van der Waals surface area contributed by atoms with Gasteiger partial charge in [0.2, 0.25) is 0 Å². The SMILES string of the molecule is O=C(O)c1ccccc1[C@@H]1Nc2c(cccc2[N+](=O)[O-])[C@@H]2C=CC[C@H]21. The van der Waals surface area contributed by atoms with E-state index in [1.807, 2.05) is 6.07 Å². The van der Waals surface area contributed by atoms with E-state index < -0.39 is 10.9 Å². The van der Waals surface area contributed by atoms with Crippen molar-refractivity contribution in [1.82, 2.24) is 0 Å². The molecule has 0 radical (unpaired) electrons. The van der Waals surface area contributed by atoms with E-state index in [1.54, 1.807) is 30.3 Å². The van der Waals surface area contributed by atoms with Crippen LogP contribution < -0.4 is 5.32 Å². The highest BCUT2D eigenvalue weighted by Crippen LogP contribution is 2.52. The van der Waals surface area contributed by atoms with Crippen LogP contribution in [-0.4, -0.2) is 16.0 Å². The number of nitrogens with one attached hydrogen (secondary N) is 1. The predicted molar refractivity (Wildman–Crippen MR) is 92.8 cm³/mol. The number of carbonyl (C=O) groups is 1. The Bertz CT molecular complexity index is 906. The number of fused-ring (bicyclic) bond motifs is 3. The number of rotatable bonds is 3. The van der Waals surface area contributed by atoms with Gasteiger partial charge in [0.05, 0.1) is 16.5 Å². The van der Waals surface area contributed by atoms with Crippen LogP contribution in [0.2, 0.25) is 0 Å². The lowest BCUT2D eigenvalue weighted by Gasteiger charge is -2.37. The molecule has 0 amide bonds. The zero-order valence-corrected chi connectivity index (χ0v) is 13.3. The molecule has 126 valence electrons. The number of allylic oxidation sites excluding steroid dienone is 2. The summed E-state index contributed by atoms with van der Waals surface area (Å²) in [6.07, 6.45) is 4.95. The molecule has 2 N–H and O–H groups in total. The second kappa shape index (κ2) is 5.73. The van der Waals surface area contributed by atoms with Gasteiger partial charge in [-0.1, -0.05) is 42.5 Å². The van der Waals surface area contributed by atoms with Crippen molar-refractivity contribution in [3.05, 3.63) is 81.4 Å². The molecule has 1 heterocycles. The quantitative estimate of drug-likeness (QED) is 0.500. The largest absolute Gasteiger partial charge is 0.478 e. The van der Waals surface area contributed by atoms with Gasteiger partial charge in [-0.25, -0.2) is 4.79 Å². The fraction of sp³-hybridized carbons (Fsp3) is 0.211. The maximum Gasteiger partial charge on any atom is 0.336 e. The van der Waals surface area contributed by atoms with Crippen LogP contribution in [0.25, 0.3) is 0 Å². The topological polar surface area (TPSA) is 92.5 Å². The van der Waals surface area contributed by atoms with Gasteiger partial charge in [0.15, 0.2) is 0 Å². The second-order valence-corrected chi connectivity index (χ2v) is 6.37. The van der Waals surface area contributed by atoms with Crippen LogP contribution in [0.15, 0.2) is 54.6 Å². The monoisotopic (exact) mass is 336 g/mol. The molecule has 0 saturated heterocycles. The summed E-state index contributed by atoms with van der Waals surface area (Å²) in [4.78, 5) is 22.7. The third-order valence-electron chi connectivity index (χ3n) is 5.10. The Morgan fingerprint density at radius 1 is 1.16 bits per heavy atom. The third kappa shape index (κ3) is 2.38. The molecule has 0 aromatic heterocycles. The molecule has 0 saturated carbocycles. The van der Waals surface area contributed by atoms with Crippen LogP contribution in [0.5, 0.6) is 0 Å². The minimum Gasteiger partial charge on any atom is -0.478 e. The highest BCUT2D eigenvalue weighted by Gasteiger charge is 2.41. The highest BCUT2D eigenvalue weighted by atomic mass is 16.6. The van der Waals surface area contributed by atoms with E-state index >= 15 is 0 Å². The number of para-hydroxylation sites is 1. The van der Waals surface area contributed by atoms with Crippen LogP contribution in [0.4, 0.5) is 11.4 Å². The lowest BCUT2D eigenvalue weighted by Crippen LogP contribution is -2.30. The van der Waals surface area contributed by atoms with E-state index in [2.05, 4.69) is 17.5 Å². The van der Waals surface area contributed by atoms with Gasteiger partial charge in [0, 0.05) is 12.0 Å². The number of carboxylic acids is 1. The number of anilines is 1. The van der Waals surface area contributed by atoms with Crippen LogP contribution in [0.1, 0.15) is 39.9 Å². The van der Waals surface area contributed by atoms with Crippen molar-refractivity contribution < 1.29 is 14.8 Å². The molecule has 0 unspecified atom stereocenters. The van der Waals surface area contributed by atoms with Gasteiger partial charge >= 0.3 is 5.97 Å². The number of nitro benzene ring substituents is 1. The molecule has 1 aliphatic heterocycles. The van der Waals surface area contributed by atoms with Crippen molar-refractivity contribution in [3.63, 3.8) is 0 Å². The smallest absolute Gasteiger partial charge is 0.336 e. The van der Waals surface area contributed by atoms with Gasteiger partial charge in [-0.05, 0) is 29.5 Å². The molecule has 2 aromatic rings. The van der Waals surface area contributed by atoms with Crippen molar-refractivity contribution in [1.29, 1.82) is 0 Å². The zero-order valence-electron chi connectivity index (χ0n) is 13.3. The van der Waals surface area contributed by atoms with Gasteiger partial charge in [0.25, 0.3) is 5.69 Å². The van der Waals surface area contributed by atoms with E-state index in [-0.39, 0.29) is 29.1 Å². The molecule has 2 aliphatic rings.